The highest BCUT2D eigenvalue weighted by molar-refractivity contribution is 5.82. The largest absolute Gasteiger partial charge is 0.348 e. The molecule has 1 aromatic heterocycles. The van der Waals surface area contributed by atoms with E-state index in [9.17, 15) is 4.79 Å². The lowest BCUT2D eigenvalue weighted by Crippen LogP contribution is -2.36. The van der Waals surface area contributed by atoms with E-state index in [1.807, 2.05) is 0 Å². The first-order valence-electron chi connectivity index (χ1n) is 5.47. The van der Waals surface area contributed by atoms with E-state index in [2.05, 4.69) is 22.2 Å². The van der Waals surface area contributed by atoms with Crippen LogP contribution in [0.3, 0.4) is 0 Å². The minimum Gasteiger partial charge on any atom is -0.348 e. The SMILES string of the molecule is CC1(C(=O)NCc2ncc[nH]2)CCCC1. The summed E-state index contributed by atoms with van der Waals surface area (Å²) in [6.07, 6.45) is 7.82. The number of hydrogen-bond acceptors (Lipinski definition) is 2. The Balaban J connectivity index is 1.87. The molecule has 0 aliphatic heterocycles. The minimum absolute atomic E-state index is 0.146. The predicted molar refractivity (Wildman–Crippen MR) is 57.0 cm³/mol. The van der Waals surface area contributed by atoms with Crippen molar-refractivity contribution >= 4 is 5.91 Å². The summed E-state index contributed by atoms with van der Waals surface area (Å²) >= 11 is 0. The van der Waals surface area contributed by atoms with Crippen molar-refractivity contribution in [2.45, 2.75) is 39.2 Å². The summed E-state index contributed by atoms with van der Waals surface area (Å²) in [6.45, 7) is 2.55. The first kappa shape index (κ1) is 10.2. The molecule has 2 rings (SSSR count). The summed E-state index contributed by atoms with van der Waals surface area (Å²) in [6, 6.07) is 0. The topological polar surface area (TPSA) is 57.8 Å². The Morgan fingerprint density at radius 1 is 1.60 bits per heavy atom. The van der Waals surface area contributed by atoms with E-state index in [-0.39, 0.29) is 11.3 Å². The zero-order valence-electron chi connectivity index (χ0n) is 9.05. The molecule has 0 unspecified atom stereocenters. The molecule has 0 spiro atoms. The summed E-state index contributed by atoms with van der Waals surface area (Å²) in [5, 5.41) is 2.93. The van der Waals surface area contributed by atoms with Gasteiger partial charge < -0.3 is 10.3 Å². The fourth-order valence-corrected chi connectivity index (χ4v) is 2.15. The average molecular weight is 207 g/mol. The first-order chi connectivity index (χ1) is 7.21. The van der Waals surface area contributed by atoms with Crippen LogP contribution >= 0.6 is 0 Å². The number of carbonyl (C=O) groups is 1. The lowest BCUT2D eigenvalue weighted by molar-refractivity contribution is -0.130. The highest BCUT2D eigenvalue weighted by Gasteiger charge is 2.35. The molecular weight excluding hydrogens is 190 g/mol. The van der Waals surface area contributed by atoms with Crippen LogP contribution in [0.5, 0.6) is 0 Å². The molecular formula is C11H17N3O. The highest BCUT2D eigenvalue weighted by Crippen LogP contribution is 2.37. The molecule has 0 bridgehead atoms. The minimum atomic E-state index is -0.146. The van der Waals surface area contributed by atoms with Crippen molar-refractivity contribution in [1.82, 2.24) is 15.3 Å². The van der Waals surface area contributed by atoms with Crippen LogP contribution in [0.1, 0.15) is 38.4 Å². The summed E-state index contributed by atoms with van der Waals surface area (Å²) in [4.78, 5) is 18.9. The maximum absolute atomic E-state index is 11.9. The number of carbonyl (C=O) groups excluding carboxylic acids is 1. The number of imidazole rings is 1. The van der Waals surface area contributed by atoms with Gasteiger partial charge in [-0.2, -0.15) is 0 Å². The van der Waals surface area contributed by atoms with Crippen LogP contribution in [0.25, 0.3) is 0 Å². The monoisotopic (exact) mass is 207 g/mol. The Labute approximate surface area is 89.5 Å². The molecule has 0 aromatic carbocycles. The van der Waals surface area contributed by atoms with Crippen LogP contribution in [0.15, 0.2) is 12.4 Å². The maximum Gasteiger partial charge on any atom is 0.226 e. The third kappa shape index (κ3) is 2.19. The van der Waals surface area contributed by atoms with Crippen molar-refractivity contribution in [1.29, 1.82) is 0 Å². The molecule has 1 aliphatic rings. The first-order valence-corrected chi connectivity index (χ1v) is 5.47. The zero-order chi connectivity index (χ0) is 10.7. The summed E-state index contributed by atoms with van der Waals surface area (Å²) < 4.78 is 0. The number of rotatable bonds is 3. The van der Waals surface area contributed by atoms with E-state index in [0.717, 1.165) is 18.7 Å². The van der Waals surface area contributed by atoms with Crippen LogP contribution in [-0.4, -0.2) is 15.9 Å². The molecule has 1 saturated carbocycles. The Morgan fingerprint density at radius 3 is 2.93 bits per heavy atom. The van der Waals surface area contributed by atoms with Crippen molar-refractivity contribution in [2.24, 2.45) is 5.41 Å². The lowest BCUT2D eigenvalue weighted by atomic mass is 9.88. The molecule has 2 N–H and O–H groups in total. The zero-order valence-corrected chi connectivity index (χ0v) is 9.05. The molecule has 1 amide bonds. The van der Waals surface area contributed by atoms with E-state index >= 15 is 0 Å². The van der Waals surface area contributed by atoms with Gasteiger partial charge in [0.25, 0.3) is 0 Å². The van der Waals surface area contributed by atoms with Gasteiger partial charge in [0.05, 0.1) is 6.54 Å². The number of nitrogens with one attached hydrogen (secondary N) is 2. The second-order valence-corrected chi connectivity index (χ2v) is 4.49. The van der Waals surface area contributed by atoms with Crippen molar-refractivity contribution in [3.63, 3.8) is 0 Å². The van der Waals surface area contributed by atoms with Crippen LogP contribution in [0.4, 0.5) is 0 Å². The van der Waals surface area contributed by atoms with Gasteiger partial charge in [-0.25, -0.2) is 4.98 Å². The number of aromatic nitrogens is 2. The quantitative estimate of drug-likeness (QED) is 0.791. The molecule has 1 aliphatic carbocycles. The van der Waals surface area contributed by atoms with E-state index in [1.54, 1.807) is 12.4 Å². The number of H-pyrrole nitrogens is 1. The van der Waals surface area contributed by atoms with Crippen molar-refractivity contribution in [3.05, 3.63) is 18.2 Å². The molecule has 1 aromatic rings. The molecule has 0 atom stereocenters. The van der Waals surface area contributed by atoms with Gasteiger partial charge in [-0.05, 0) is 12.8 Å². The molecule has 1 heterocycles. The van der Waals surface area contributed by atoms with Crippen LogP contribution in [0, 0.1) is 5.41 Å². The van der Waals surface area contributed by atoms with E-state index in [4.69, 9.17) is 0 Å². The van der Waals surface area contributed by atoms with E-state index in [1.165, 1.54) is 12.8 Å². The fraction of sp³-hybridized carbons (Fsp3) is 0.636. The molecule has 0 radical (unpaired) electrons. The Kier molecular flexibility index (Phi) is 2.75. The second kappa shape index (κ2) is 4.04. The van der Waals surface area contributed by atoms with Crippen molar-refractivity contribution < 1.29 is 4.79 Å². The van der Waals surface area contributed by atoms with E-state index < -0.39 is 0 Å². The maximum atomic E-state index is 11.9. The molecule has 0 saturated heterocycles. The Morgan fingerprint density at radius 2 is 2.33 bits per heavy atom. The van der Waals surface area contributed by atoms with Crippen molar-refractivity contribution in [3.8, 4) is 0 Å². The number of aromatic amines is 1. The van der Waals surface area contributed by atoms with Gasteiger partial charge >= 0.3 is 0 Å². The molecule has 15 heavy (non-hydrogen) atoms. The summed E-state index contributed by atoms with van der Waals surface area (Å²) in [7, 11) is 0. The van der Waals surface area contributed by atoms with Gasteiger partial charge in [0.2, 0.25) is 5.91 Å². The number of nitrogens with zero attached hydrogens (tertiary/aromatic N) is 1. The van der Waals surface area contributed by atoms with Gasteiger partial charge in [0.15, 0.2) is 0 Å². The van der Waals surface area contributed by atoms with Gasteiger partial charge in [-0.1, -0.05) is 19.8 Å². The van der Waals surface area contributed by atoms with Gasteiger partial charge in [0, 0.05) is 17.8 Å². The standard InChI is InChI=1S/C11H17N3O/c1-11(4-2-3-5-11)10(15)14-8-9-12-6-7-13-9/h6-7H,2-5,8H2,1H3,(H,12,13)(H,14,15). The highest BCUT2D eigenvalue weighted by atomic mass is 16.2. The van der Waals surface area contributed by atoms with Crippen molar-refractivity contribution in [2.75, 3.05) is 0 Å². The third-order valence-electron chi connectivity index (χ3n) is 3.23. The summed E-state index contributed by atoms with van der Waals surface area (Å²) in [5.74, 6) is 0.973. The number of amides is 1. The Bertz CT molecular complexity index is 326. The van der Waals surface area contributed by atoms with E-state index in [0.29, 0.717) is 6.54 Å². The molecule has 4 nitrogen and oxygen atoms in total. The molecule has 1 fully saturated rings. The lowest BCUT2D eigenvalue weighted by Gasteiger charge is -2.21. The average Bonchev–Trinajstić information content (AvgIpc) is 2.85. The third-order valence-corrected chi connectivity index (χ3v) is 3.23. The second-order valence-electron chi connectivity index (χ2n) is 4.49. The van der Waals surface area contributed by atoms with Gasteiger partial charge in [-0.3, -0.25) is 4.79 Å². The number of hydrogen-bond donors (Lipinski definition) is 2. The van der Waals surface area contributed by atoms with Crippen LogP contribution in [0.2, 0.25) is 0 Å². The van der Waals surface area contributed by atoms with Crippen LogP contribution < -0.4 is 5.32 Å². The van der Waals surface area contributed by atoms with Gasteiger partial charge in [0.1, 0.15) is 5.82 Å². The summed E-state index contributed by atoms with van der Waals surface area (Å²) in [5.41, 5.74) is -0.146. The molecule has 82 valence electrons. The van der Waals surface area contributed by atoms with Crippen LogP contribution in [-0.2, 0) is 11.3 Å². The van der Waals surface area contributed by atoms with Gasteiger partial charge in [-0.15, -0.1) is 0 Å². The smallest absolute Gasteiger partial charge is 0.226 e. The fourth-order valence-electron chi connectivity index (χ4n) is 2.15. The Hall–Kier alpha value is -1.32. The normalized spacial score (nSPS) is 19.0. The molecule has 4 heteroatoms. The predicted octanol–water partition coefficient (Wildman–Crippen LogP) is 1.61.